The molecule has 0 radical (unpaired) electrons. The molecule has 10 heteroatoms. The number of ether oxygens (including phenoxy) is 1. The average molecular weight is 652 g/mol. The van der Waals surface area contributed by atoms with Gasteiger partial charge in [-0.15, -0.1) is 0 Å². The van der Waals surface area contributed by atoms with Crippen molar-refractivity contribution in [2.24, 2.45) is 0 Å². The first kappa shape index (κ1) is 31.1. The second-order valence-electron chi connectivity index (χ2n) is 12.0. The van der Waals surface area contributed by atoms with Gasteiger partial charge in [0.05, 0.1) is 39.7 Å². The minimum Gasteiger partial charge on any atom is -0.506 e. The quantitative estimate of drug-likeness (QED) is 0.0344. The van der Waals surface area contributed by atoms with Crippen LogP contribution in [-0.4, -0.2) is 52.4 Å². The Bertz CT molecular complexity index is 2170. The van der Waals surface area contributed by atoms with Gasteiger partial charge in [0, 0.05) is 57.9 Å². The average Bonchev–Trinajstić information content (AvgIpc) is 3.09. The van der Waals surface area contributed by atoms with Crippen LogP contribution in [0, 0.1) is 6.92 Å². The number of hydrogen-bond acceptors (Lipinski definition) is 7. The third-order valence-corrected chi connectivity index (χ3v) is 12.1. The van der Waals surface area contributed by atoms with Crippen LogP contribution < -0.4 is 4.57 Å². The van der Waals surface area contributed by atoms with Crippen molar-refractivity contribution < 1.29 is 36.9 Å². The zero-order valence-corrected chi connectivity index (χ0v) is 28.2. The number of aromatic hydroxyl groups is 1. The van der Waals surface area contributed by atoms with Crippen molar-refractivity contribution in [2.75, 3.05) is 27.9 Å². The van der Waals surface area contributed by atoms with Gasteiger partial charge in [-0.1, -0.05) is 24.3 Å². The normalized spacial score (nSPS) is 12.4. The highest BCUT2D eigenvalue weighted by molar-refractivity contribution is 6.60. The summed E-state index contributed by atoms with van der Waals surface area (Å²) in [6.45, 7) is 2.98. The molecule has 0 saturated heterocycles. The first-order valence-electron chi connectivity index (χ1n) is 16.0. The van der Waals surface area contributed by atoms with Crippen molar-refractivity contribution in [3.8, 4) is 22.6 Å². The van der Waals surface area contributed by atoms with Gasteiger partial charge in [0.15, 0.2) is 6.54 Å². The van der Waals surface area contributed by atoms with Crippen molar-refractivity contribution in [2.45, 2.75) is 45.2 Å². The maximum atomic E-state index is 12.6. The topological polar surface area (TPSA) is 96.2 Å². The van der Waals surface area contributed by atoms with Crippen molar-refractivity contribution in [1.29, 1.82) is 0 Å². The van der Waals surface area contributed by atoms with Gasteiger partial charge >= 0.3 is 14.8 Å². The van der Waals surface area contributed by atoms with Crippen LogP contribution in [0.1, 0.15) is 31.2 Å². The van der Waals surface area contributed by atoms with Gasteiger partial charge in [-0.05, 0) is 61.7 Å². The number of aryl methyl sites for hydroxylation is 2. The number of carbonyl (C=O) groups is 1. The summed E-state index contributed by atoms with van der Waals surface area (Å²) in [6, 6.07) is 24.9. The molecule has 0 spiro atoms. The smallest absolute Gasteiger partial charge is 0.500 e. The molecule has 0 amide bonds. The first-order valence-corrected chi connectivity index (χ1v) is 18.0. The molecule has 1 aromatic heterocycles. The van der Waals surface area contributed by atoms with E-state index in [0.29, 0.717) is 44.1 Å². The standard InChI is InChI=1S/C37H38N2O7Si/c1-24-18-19-30(40)29(23-24)39-27-13-7-11-25-34(27)37-35-26(12-8-15-31(35)46-32-16-9-14-28(39)36(32)37)38(25)20-10-21-45-33(41)17-5-6-22-47(42-2,43-3)44-4/h7-9,11-16,18-19,23H,5-6,10,17,20-22H2,1-4H3/p+1. The predicted molar refractivity (Wildman–Crippen MR) is 183 cm³/mol. The number of pyridine rings is 2. The summed E-state index contributed by atoms with van der Waals surface area (Å²) in [6.07, 6.45) is 2.42. The molecule has 2 aliphatic heterocycles. The second kappa shape index (κ2) is 12.6. The third kappa shape index (κ3) is 5.31. The molecule has 9 nitrogen and oxygen atoms in total. The number of unbranched alkanes of at least 4 members (excludes halogenated alkanes) is 1. The number of benzene rings is 4. The Kier molecular flexibility index (Phi) is 8.35. The van der Waals surface area contributed by atoms with Gasteiger partial charge in [-0.25, -0.2) is 0 Å². The Morgan fingerprint density at radius 2 is 1.53 bits per heavy atom. The minimum atomic E-state index is -2.64. The van der Waals surface area contributed by atoms with Crippen LogP contribution >= 0.6 is 0 Å². The van der Waals surface area contributed by atoms with E-state index in [1.807, 2.05) is 43.3 Å². The SMILES string of the molecule is CO[Si](CCCCC(=O)OCCC[n+]1c2cccc3oc4cccc5c4-c(c32)c2c(cccc21)n5-c1cc(C)ccc1O)(OC)OC. The van der Waals surface area contributed by atoms with Gasteiger partial charge in [0.1, 0.15) is 16.9 Å². The van der Waals surface area contributed by atoms with E-state index in [1.165, 1.54) is 0 Å². The largest absolute Gasteiger partial charge is 0.506 e. The van der Waals surface area contributed by atoms with E-state index in [1.54, 1.807) is 27.4 Å². The zero-order valence-electron chi connectivity index (χ0n) is 27.2. The van der Waals surface area contributed by atoms with Crippen LogP contribution in [-0.2, 0) is 29.4 Å². The van der Waals surface area contributed by atoms with E-state index < -0.39 is 8.80 Å². The van der Waals surface area contributed by atoms with Crippen LogP contribution in [0.2, 0.25) is 6.04 Å². The van der Waals surface area contributed by atoms with Crippen LogP contribution in [0.15, 0.2) is 77.2 Å². The number of phenols is 1. The molecule has 7 rings (SSSR count). The maximum absolute atomic E-state index is 12.6. The van der Waals surface area contributed by atoms with E-state index in [9.17, 15) is 9.90 Å². The van der Waals surface area contributed by atoms with E-state index in [2.05, 4.69) is 39.5 Å². The highest BCUT2D eigenvalue weighted by atomic mass is 28.4. The summed E-state index contributed by atoms with van der Waals surface area (Å²) >= 11 is 0. The molecule has 3 heterocycles. The number of aromatic nitrogens is 2. The molecule has 242 valence electrons. The summed E-state index contributed by atoms with van der Waals surface area (Å²) in [4.78, 5) is 12.6. The van der Waals surface area contributed by atoms with Gasteiger partial charge < -0.3 is 32.1 Å². The minimum absolute atomic E-state index is 0.207. The highest BCUT2D eigenvalue weighted by Gasteiger charge is 2.37. The van der Waals surface area contributed by atoms with E-state index in [0.717, 1.165) is 67.1 Å². The first-order chi connectivity index (χ1) is 22.9. The fraction of sp³-hybridized carbons (Fsp3) is 0.297. The van der Waals surface area contributed by atoms with Crippen LogP contribution in [0.4, 0.5) is 0 Å². The zero-order chi connectivity index (χ0) is 32.7. The third-order valence-electron chi connectivity index (χ3n) is 9.27. The second-order valence-corrected chi connectivity index (χ2v) is 15.1. The van der Waals surface area contributed by atoms with Gasteiger partial charge in [-0.2, -0.15) is 4.57 Å². The summed E-state index contributed by atoms with van der Waals surface area (Å²) in [5.41, 5.74) is 9.61. The Balaban J connectivity index is 1.23. The molecule has 47 heavy (non-hydrogen) atoms. The summed E-state index contributed by atoms with van der Waals surface area (Å²) in [5, 5.41) is 13.3. The molecule has 0 saturated carbocycles. The number of carbonyl (C=O) groups excluding carboxylic acids is 1. The molecule has 0 atom stereocenters. The van der Waals surface area contributed by atoms with Crippen molar-refractivity contribution >= 4 is 58.8 Å². The fourth-order valence-electron chi connectivity index (χ4n) is 7.03. The van der Waals surface area contributed by atoms with Crippen molar-refractivity contribution in [3.63, 3.8) is 0 Å². The highest BCUT2D eigenvalue weighted by Crippen LogP contribution is 2.48. The molecule has 0 fully saturated rings. The lowest BCUT2D eigenvalue weighted by atomic mass is 9.90. The molecule has 4 aromatic carbocycles. The Morgan fingerprint density at radius 3 is 2.32 bits per heavy atom. The number of hydrogen-bond donors (Lipinski definition) is 1. The van der Waals surface area contributed by atoms with Gasteiger partial charge in [-0.3, -0.25) is 4.79 Å². The van der Waals surface area contributed by atoms with Crippen LogP contribution in [0.3, 0.4) is 0 Å². The summed E-state index contributed by atoms with van der Waals surface area (Å²) in [7, 11) is 2.15. The maximum Gasteiger partial charge on any atom is 0.500 e. The van der Waals surface area contributed by atoms with E-state index in [4.69, 9.17) is 22.4 Å². The van der Waals surface area contributed by atoms with Crippen LogP contribution in [0.5, 0.6) is 5.75 Å². The number of rotatable bonds is 13. The Labute approximate surface area is 273 Å². The van der Waals surface area contributed by atoms with Gasteiger partial charge in [0.2, 0.25) is 11.0 Å². The Hall–Kier alpha value is -4.48. The summed E-state index contributed by atoms with van der Waals surface area (Å²) in [5.74, 6) is -0.00172. The molecular weight excluding hydrogens is 613 g/mol. The monoisotopic (exact) mass is 651 g/mol. The Morgan fingerprint density at radius 1 is 0.830 bits per heavy atom. The molecule has 1 N–H and O–H groups in total. The molecular formula is C37H39N2O7Si+. The molecule has 2 aliphatic rings. The lowest BCUT2D eigenvalue weighted by Crippen LogP contribution is -2.42. The van der Waals surface area contributed by atoms with E-state index >= 15 is 0 Å². The number of nitrogens with zero attached hydrogens (tertiary/aromatic N) is 2. The van der Waals surface area contributed by atoms with Crippen molar-refractivity contribution in [3.05, 3.63) is 78.4 Å². The van der Waals surface area contributed by atoms with Crippen LogP contribution in [0.25, 0.3) is 60.8 Å². The molecule has 0 unspecified atom stereocenters. The van der Waals surface area contributed by atoms with Crippen molar-refractivity contribution in [1.82, 2.24) is 4.57 Å². The molecule has 0 aliphatic carbocycles. The molecule has 0 bridgehead atoms. The predicted octanol–water partition coefficient (Wildman–Crippen LogP) is 7.51. The lowest BCUT2D eigenvalue weighted by molar-refractivity contribution is -0.645. The number of phenolic OH excluding ortho intramolecular Hbond substituents is 1. The summed E-state index contributed by atoms with van der Waals surface area (Å²) < 4.78 is 33.1. The number of esters is 1. The van der Waals surface area contributed by atoms with E-state index in [-0.39, 0.29) is 11.7 Å². The molecule has 5 aromatic rings. The van der Waals surface area contributed by atoms with Gasteiger partial charge in [0.25, 0.3) is 0 Å². The fourth-order valence-corrected chi connectivity index (χ4v) is 8.83. The lowest BCUT2D eigenvalue weighted by Gasteiger charge is -2.25.